The van der Waals surface area contributed by atoms with E-state index < -0.39 is 0 Å². The monoisotopic (exact) mass is 350 g/mol. The fourth-order valence-electron chi connectivity index (χ4n) is 1.73. The first-order valence-corrected chi connectivity index (χ1v) is 7.75. The minimum atomic E-state index is -0.365. The Morgan fingerprint density at radius 1 is 1.23 bits per heavy atom. The Balaban J connectivity index is 1.81. The molecule has 8 heteroatoms. The Morgan fingerprint density at radius 2 is 2.09 bits per heavy atom. The highest BCUT2D eigenvalue weighted by atomic mass is 35.5. The van der Waals surface area contributed by atoms with Gasteiger partial charge in [-0.05, 0) is 18.2 Å². The van der Waals surface area contributed by atoms with Gasteiger partial charge in [0, 0.05) is 28.4 Å². The fraction of sp³-hybridized carbons (Fsp3) is 0. The van der Waals surface area contributed by atoms with Gasteiger partial charge in [-0.25, -0.2) is 9.97 Å². The lowest BCUT2D eigenvalue weighted by Gasteiger charge is -2.01. The Morgan fingerprint density at radius 3 is 2.82 bits per heavy atom. The molecule has 3 rings (SSSR count). The molecule has 1 N–H and O–H groups in total. The Bertz CT molecular complexity index is 823. The van der Waals surface area contributed by atoms with Crippen LogP contribution in [0.2, 0.25) is 10.0 Å². The van der Waals surface area contributed by atoms with Gasteiger partial charge in [0.2, 0.25) is 0 Å². The van der Waals surface area contributed by atoms with Crippen molar-refractivity contribution in [2.75, 3.05) is 5.32 Å². The topological polar surface area (TPSA) is 67.8 Å². The molecule has 0 aliphatic carbocycles. The number of benzene rings is 1. The molecule has 0 saturated carbocycles. The Hall–Kier alpha value is -2.02. The molecule has 3 aromatic rings. The van der Waals surface area contributed by atoms with Crippen molar-refractivity contribution in [2.24, 2.45) is 0 Å². The van der Waals surface area contributed by atoms with Crippen molar-refractivity contribution in [3.8, 4) is 11.3 Å². The first-order chi connectivity index (χ1) is 10.6. The number of halogens is 2. The van der Waals surface area contributed by atoms with Gasteiger partial charge in [-0.15, -0.1) is 11.3 Å². The van der Waals surface area contributed by atoms with Crippen molar-refractivity contribution >= 4 is 45.6 Å². The van der Waals surface area contributed by atoms with Crippen LogP contribution in [-0.2, 0) is 0 Å². The SMILES string of the molecule is O=C(Nc1nc(-c2ccc(Cl)cc2Cl)cs1)c1cnccn1. The van der Waals surface area contributed by atoms with Crippen LogP contribution in [0.1, 0.15) is 10.5 Å². The molecule has 2 aromatic heterocycles. The van der Waals surface area contributed by atoms with Gasteiger partial charge >= 0.3 is 0 Å². The van der Waals surface area contributed by atoms with E-state index in [-0.39, 0.29) is 11.6 Å². The summed E-state index contributed by atoms with van der Waals surface area (Å²) >= 11 is 13.3. The van der Waals surface area contributed by atoms with Gasteiger partial charge in [0.05, 0.1) is 16.9 Å². The molecular weight excluding hydrogens is 343 g/mol. The van der Waals surface area contributed by atoms with Gasteiger partial charge in [-0.2, -0.15) is 0 Å². The number of anilines is 1. The molecule has 1 aromatic carbocycles. The van der Waals surface area contributed by atoms with E-state index >= 15 is 0 Å². The third kappa shape index (κ3) is 3.24. The zero-order valence-electron chi connectivity index (χ0n) is 11.0. The van der Waals surface area contributed by atoms with Crippen LogP contribution in [0, 0.1) is 0 Å². The highest BCUT2D eigenvalue weighted by molar-refractivity contribution is 7.14. The summed E-state index contributed by atoms with van der Waals surface area (Å²) in [6, 6.07) is 5.17. The maximum Gasteiger partial charge on any atom is 0.277 e. The van der Waals surface area contributed by atoms with Crippen molar-refractivity contribution < 1.29 is 4.79 Å². The quantitative estimate of drug-likeness (QED) is 0.769. The van der Waals surface area contributed by atoms with Crippen molar-refractivity contribution in [1.82, 2.24) is 15.0 Å². The normalized spacial score (nSPS) is 10.5. The minimum absolute atomic E-state index is 0.226. The van der Waals surface area contributed by atoms with Gasteiger partial charge in [-0.3, -0.25) is 15.1 Å². The third-order valence-corrected chi connectivity index (χ3v) is 4.03. The molecule has 1 amide bonds. The number of rotatable bonds is 3. The van der Waals surface area contributed by atoms with E-state index in [1.165, 1.54) is 29.9 Å². The average Bonchev–Trinajstić information content (AvgIpc) is 2.96. The number of hydrogen-bond donors (Lipinski definition) is 1. The number of aromatic nitrogens is 3. The summed E-state index contributed by atoms with van der Waals surface area (Å²) in [5, 5.41) is 6.00. The van der Waals surface area contributed by atoms with Crippen LogP contribution in [0.4, 0.5) is 5.13 Å². The zero-order valence-corrected chi connectivity index (χ0v) is 13.3. The summed E-state index contributed by atoms with van der Waals surface area (Å²) in [5.74, 6) is -0.365. The molecule has 0 fully saturated rings. The predicted octanol–water partition coefficient (Wildman–Crippen LogP) is 4.16. The van der Waals surface area contributed by atoms with E-state index in [0.29, 0.717) is 20.9 Å². The number of hydrogen-bond acceptors (Lipinski definition) is 5. The van der Waals surface area contributed by atoms with Gasteiger partial charge in [0.1, 0.15) is 5.69 Å². The number of nitrogens with one attached hydrogen (secondary N) is 1. The molecular formula is C14H8Cl2N4OS. The van der Waals surface area contributed by atoms with Crippen molar-refractivity contribution in [3.63, 3.8) is 0 Å². The van der Waals surface area contributed by atoms with Crippen LogP contribution in [0.3, 0.4) is 0 Å². The summed E-state index contributed by atoms with van der Waals surface area (Å²) in [6.45, 7) is 0. The number of thiazole rings is 1. The zero-order chi connectivity index (χ0) is 15.5. The van der Waals surface area contributed by atoms with Gasteiger partial charge in [0.25, 0.3) is 5.91 Å². The molecule has 22 heavy (non-hydrogen) atoms. The maximum atomic E-state index is 12.0. The Labute approximate surface area is 140 Å². The van der Waals surface area contributed by atoms with Crippen molar-refractivity contribution in [1.29, 1.82) is 0 Å². The van der Waals surface area contributed by atoms with Crippen LogP contribution in [-0.4, -0.2) is 20.9 Å². The smallest absolute Gasteiger partial charge is 0.277 e. The summed E-state index contributed by atoms with van der Waals surface area (Å²) in [7, 11) is 0. The molecule has 0 bridgehead atoms. The number of carbonyl (C=O) groups is 1. The summed E-state index contributed by atoms with van der Waals surface area (Å²) in [5.41, 5.74) is 1.65. The van der Waals surface area contributed by atoms with Crippen molar-refractivity contribution in [2.45, 2.75) is 0 Å². The minimum Gasteiger partial charge on any atom is -0.296 e. The molecule has 0 spiro atoms. The summed E-state index contributed by atoms with van der Waals surface area (Å²) in [6.07, 6.45) is 4.34. The van der Waals surface area contributed by atoms with E-state index in [0.717, 1.165) is 5.56 Å². The Kier molecular flexibility index (Phi) is 4.33. The summed E-state index contributed by atoms with van der Waals surface area (Å²) < 4.78 is 0. The van der Waals surface area contributed by atoms with E-state index in [1.54, 1.807) is 23.6 Å². The molecule has 2 heterocycles. The molecule has 110 valence electrons. The van der Waals surface area contributed by atoms with Gasteiger partial charge in [-0.1, -0.05) is 23.2 Å². The van der Waals surface area contributed by atoms with Crippen LogP contribution in [0.15, 0.2) is 42.2 Å². The highest BCUT2D eigenvalue weighted by Crippen LogP contribution is 2.32. The molecule has 5 nitrogen and oxygen atoms in total. The highest BCUT2D eigenvalue weighted by Gasteiger charge is 2.12. The van der Waals surface area contributed by atoms with Gasteiger partial charge in [0.15, 0.2) is 5.13 Å². The van der Waals surface area contributed by atoms with E-state index in [2.05, 4.69) is 20.3 Å². The van der Waals surface area contributed by atoms with E-state index in [9.17, 15) is 4.79 Å². The van der Waals surface area contributed by atoms with Crippen LogP contribution in [0.25, 0.3) is 11.3 Å². The summed E-state index contributed by atoms with van der Waals surface area (Å²) in [4.78, 5) is 24.1. The number of amides is 1. The van der Waals surface area contributed by atoms with Crippen molar-refractivity contribution in [3.05, 3.63) is 57.9 Å². The fourth-order valence-corrected chi connectivity index (χ4v) is 2.94. The lowest BCUT2D eigenvalue weighted by atomic mass is 10.2. The first kappa shape index (κ1) is 14.9. The molecule has 0 aliphatic rings. The lowest BCUT2D eigenvalue weighted by molar-refractivity contribution is 0.102. The lowest BCUT2D eigenvalue weighted by Crippen LogP contribution is -2.13. The molecule has 0 radical (unpaired) electrons. The molecule has 0 saturated heterocycles. The number of nitrogens with zero attached hydrogens (tertiary/aromatic N) is 3. The third-order valence-electron chi connectivity index (χ3n) is 2.73. The molecule has 0 aliphatic heterocycles. The van der Waals surface area contributed by atoms with E-state index in [4.69, 9.17) is 23.2 Å². The second-order valence-corrected chi connectivity index (χ2v) is 5.91. The predicted molar refractivity (Wildman–Crippen MR) is 87.6 cm³/mol. The first-order valence-electron chi connectivity index (χ1n) is 6.12. The molecule has 0 unspecified atom stereocenters. The second kappa shape index (κ2) is 6.39. The van der Waals surface area contributed by atoms with Crippen LogP contribution in [0.5, 0.6) is 0 Å². The van der Waals surface area contributed by atoms with Crippen LogP contribution < -0.4 is 5.32 Å². The largest absolute Gasteiger partial charge is 0.296 e. The average molecular weight is 351 g/mol. The molecule has 0 atom stereocenters. The van der Waals surface area contributed by atoms with Gasteiger partial charge < -0.3 is 0 Å². The standard InChI is InChI=1S/C14H8Cl2N4OS/c15-8-1-2-9(10(16)5-8)12-7-22-14(19-12)20-13(21)11-6-17-3-4-18-11/h1-7H,(H,19,20,21). The number of carbonyl (C=O) groups excluding carboxylic acids is 1. The van der Waals surface area contributed by atoms with Crippen LogP contribution >= 0.6 is 34.5 Å². The maximum absolute atomic E-state index is 12.0. The van der Waals surface area contributed by atoms with E-state index in [1.807, 2.05) is 0 Å². The second-order valence-electron chi connectivity index (χ2n) is 4.21.